The molecule has 5 N–H and O–H groups in total. The minimum Gasteiger partial charge on any atom is -0.457 e. The summed E-state index contributed by atoms with van der Waals surface area (Å²) in [7, 11) is 0. The first-order valence-corrected chi connectivity index (χ1v) is 19.5. The predicted octanol–water partition coefficient (Wildman–Crippen LogP) is 4.36. The molecule has 310 valence electrons. The van der Waals surface area contributed by atoms with Gasteiger partial charge in [0.1, 0.15) is 35.6 Å². The highest BCUT2D eigenvalue weighted by Gasteiger charge is 2.42. The van der Waals surface area contributed by atoms with Crippen LogP contribution in [0.2, 0.25) is 0 Å². The molecule has 18 heteroatoms. The summed E-state index contributed by atoms with van der Waals surface area (Å²) in [6.45, 7) is 14.4. The molecule has 58 heavy (non-hydrogen) atoms. The second-order valence-corrected chi connectivity index (χ2v) is 17.1. The Morgan fingerprint density at radius 1 is 0.879 bits per heavy atom. The SMILES string of the molecule is C[C@@H](NC(=O)OCC1c2ccccc2-c2ccccc21)C(=O)NC[C@H]1NC(=O)[C@H]1NC(=O)/C(=N\OC(C)(C)C(=O)OC(C)(C)C)c1csc(NC(=O)OC(C)(C)C)n1. The third-order valence-corrected chi connectivity index (χ3v) is 9.45. The summed E-state index contributed by atoms with van der Waals surface area (Å²) in [6, 6.07) is 13.0. The van der Waals surface area contributed by atoms with Gasteiger partial charge in [-0.1, -0.05) is 53.7 Å². The number of ether oxygens (including phenoxy) is 3. The summed E-state index contributed by atoms with van der Waals surface area (Å²) in [5, 5.41) is 18.3. The first kappa shape index (κ1) is 43.1. The van der Waals surface area contributed by atoms with E-state index in [0.29, 0.717) is 0 Å². The molecule has 5 amide bonds. The van der Waals surface area contributed by atoms with Crippen molar-refractivity contribution in [1.82, 2.24) is 26.3 Å². The molecule has 1 fully saturated rings. The van der Waals surface area contributed by atoms with Crippen molar-refractivity contribution in [1.29, 1.82) is 0 Å². The Morgan fingerprint density at radius 2 is 1.48 bits per heavy atom. The Kier molecular flexibility index (Phi) is 12.8. The average Bonchev–Trinajstić information content (AvgIpc) is 3.71. The van der Waals surface area contributed by atoms with Crippen LogP contribution in [0.5, 0.6) is 0 Å². The van der Waals surface area contributed by atoms with Crippen molar-refractivity contribution in [3.8, 4) is 11.1 Å². The molecule has 1 saturated heterocycles. The molecule has 1 aliphatic heterocycles. The quantitative estimate of drug-likeness (QED) is 0.0536. The molecule has 2 aromatic carbocycles. The molecule has 0 unspecified atom stereocenters. The van der Waals surface area contributed by atoms with Gasteiger partial charge in [0, 0.05) is 17.8 Å². The van der Waals surface area contributed by atoms with Gasteiger partial charge in [0.2, 0.25) is 17.4 Å². The summed E-state index contributed by atoms with van der Waals surface area (Å²) >= 11 is 0.962. The highest BCUT2D eigenvalue weighted by Crippen LogP contribution is 2.44. The minimum atomic E-state index is -1.66. The summed E-state index contributed by atoms with van der Waals surface area (Å²) in [5.74, 6) is -2.93. The number of rotatable bonds is 13. The van der Waals surface area contributed by atoms with Gasteiger partial charge >= 0.3 is 18.2 Å². The van der Waals surface area contributed by atoms with E-state index in [9.17, 15) is 28.8 Å². The number of esters is 1. The van der Waals surface area contributed by atoms with Gasteiger partial charge in [-0.15, -0.1) is 11.3 Å². The number of oxime groups is 1. The van der Waals surface area contributed by atoms with Crippen molar-refractivity contribution in [2.24, 2.45) is 5.16 Å². The molecule has 0 spiro atoms. The maximum absolute atomic E-state index is 13.7. The Bertz CT molecular complexity index is 2060. The number of β-lactam (4-membered cyclic amide) rings is 1. The fraction of sp³-hybridized carbons (Fsp3) is 0.450. The third kappa shape index (κ3) is 10.9. The molecule has 1 aliphatic carbocycles. The summed E-state index contributed by atoms with van der Waals surface area (Å²) in [5.41, 5.74) is 0.518. The lowest BCUT2D eigenvalue weighted by atomic mass is 9.98. The molecule has 0 bridgehead atoms. The van der Waals surface area contributed by atoms with E-state index in [-0.39, 0.29) is 29.9 Å². The van der Waals surface area contributed by atoms with Crippen molar-refractivity contribution in [3.63, 3.8) is 0 Å². The van der Waals surface area contributed by atoms with Gasteiger partial charge in [-0.25, -0.2) is 19.4 Å². The Balaban J connectivity index is 1.19. The monoisotopic (exact) mass is 819 g/mol. The Hall–Kier alpha value is -6.04. The first-order chi connectivity index (χ1) is 27.1. The number of anilines is 1. The fourth-order valence-corrected chi connectivity index (χ4v) is 6.55. The van der Waals surface area contributed by atoms with Gasteiger partial charge in [0.25, 0.3) is 5.91 Å². The molecule has 0 saturated carbocycles. The molecule has 0 radical (unpaired) electrons. The normalized spacial score (nSPS) is 17.0. The number of nitrogens with zero attached hydrogens (tertiary/aromatic N) is 2. The van der Waals surface area contributed by atoms with Crippen molar-refractivity contribution >= 4 is 58.1 Å². The molecule has 2 heterocycles. The third-order valence-electron chi connectivity index (χ3n) is 8.69. The topological polar surface area (TPSA) is 225 Å². The van der Waals surface area contributed by atoms with E-state index >= 15 is 0 Å². The van der Waals surface area contributed by atoms with Crippen LogP contribution in [0.3, 0.4) is 0 Å². The second-order valence-electron chi connectivity index (χ2n) is 16.2. The van der Waals surface area contributed by atoms with Crippen LogP contribution in [0.1, 0.15) is 85.1 Å². The fourth-order valence-electron chi connectivity index (χ4n) is 5.87. The number of carbonyl (C=O) groups excluding carboxylic acids is 6. The molecule has 3 atom stereocenters. The molecular formula is C40H49N7O10S. The van der Waals surface area contributed by atoms with Gasteiger partial charge in [-0.05, 0) is 84.6 Å². The van der Waals surface area contributed by atoms with E-state index in [2.05, 4.69) is 36.7 Å². The summed E-state index contributed by atoms with van der Waals surface area (Å²) in [4.78, 5) is 87.1. The zero-order valence-corrected chi connectivity index (χ0v) is 34.6. The van der Waals surface area contributed by atoms with Crippen molar-refractivity contribution in [3.05, 3.63) is 70.7 Å². The lowest BCUT2D eigenvalue weighted by Crippen LogP contribution is -2.72. The molecule has 3 aromatic rings. The predicted molar refractivity (Wildman–Crippen MR) is 214 cm³/mol. The van der Waals surface area contributed by atoms with Crippen molar-refractivity contribution in [2.75, 3.05) is 18.5 Å². The number of nitrogens with one attached hydrogen (secondary N) is 5. The average molecular weight is 820 g/mol. The van der Waals surface area contributed by atoms with Crippen LogP contribution >= 0.6 is 11.3 Å². The molecule has 1 aromatic heterocycles. The Morgan fingerprint density at radius 3 is 2.07 bits per heavy atom. The maximum Gasteiger partial charge on any atom is 0.413 e. The lowest BCUT2D eigenvalue weighted by molar-refractivity contribution is -0.179. The minimum absolute atomic E-state index is 0.0498. The molecule has 2 aliphatic rings. The summed E-state index contributed by atoms with van der Waals surface area (Å²) < 4.78 is 16.2. The molecular weight excluding hydrogens is 771 g/mol. The standard InChI is InChI=1S/C40H49N7O10S/c1-21(42-36(52)54-19-26-24-16-12-10-14-22(24)23-15-11-13-17-25(23)26)31(48)41-18-27-29(32(49)43-27)45-33(50)30(47-57-40(8,9)34(51)55-38(2,3)4)28-20-58-35(44-28)46-37(53)56-39(5,6)7/h10-17,20-21,26-27,29H,18-19H2,1-9H3,(H,41,48)(H,42,52)(H,43,49)(H,45,50)(H,44,46,53)/b47-30-/t21-,27-,29+/m1/s1. The van der Waals surface area contributed by atoms with Gasteiger partial charge in [0.15, 0.2) is 10.8 Å². The maximum atomic E-state index is 13.7. The molecule has 17 nitrogen and oxygen atoms in total. The number of amides is 5. The number of fused-ring (bicyclic) bond motifs is 3. The number of hydrogen-bond donors (Lipinski definition) is 5. The van der Waals surface area contributed by atoms with Crippen molar-refractivity contribution in [2.45, 2.75) is 103 Å². The van der Waals surface area contributed by atoms with Gasteiger partial charge in [-0.3, -0.25) is 19.7 Å². The van der Waals surface area contributed by atoms with E-state index < -0.39 is 76.5 Å². The van der Waals surface area contributed by atoms with Gasteiger partial charge in [-0.2, -0.15) is 0 Å². The zero-order valence-electron chi connectivity index (χ0n) is 33.8. The van der Waals surface area contributed by atoms with Gasteiger partial charge in [0.05, 0.1) is 6.04 Å². The second kappa shape index (κ2) is 17.2. The van der Waals surface area contributed by atoms with Crippen LogP contribution in [-0.2, 0) is 38.2 Å². The number of hydrogen-bond acceptors (Lipinski definition) is 13. The lowest BCUT2D eigenvalue weighted by Gasteiger charge is -2.37. The van der Waals surface area contributed by atoms with E-state index in [1.807, 2.05) is 48.5 Å². The number of alkyl carbamates (subject to hydrolysis) is 1. The summed E-state index contributed by atoms with van der Waals surface area (Å²) in [6.07, 6.45) is -1.56. The van der Waals surface area contributed by atoms with E-state index in [4.69, 9.17) is 19.0 Å². The number of carbonyl (C=O) groups is 6. The van der Waals surface area contributed by atoms with Crippen LogP contribution in [0.15, 0.2) is 59.1 Å². The van der Waals surface area contributed by atoms with E-state index in [0.717, 1.165) is 33.6 Å². The van der Waals surface area contributed by atoms with Crippen LogP contribution in [0, 0.1) is 0 Å². The van der Waals surface area contributed by atoms with E-state index in [1.54, 1.807) is 41.5 Å². The number of benzene rings is 2. The highest BCUT2D eigenvalue weighted by molar-refractivity contribution is 7.14. The largest absolute Gasteiger partial charge is 0.457 e. The smallest absolute Gasteiger partial charge is 0.413 e. The highest BCUT2D eigenvalue weighted by atomic mass is 32.1. The van der Waals surface area contributed by atoms with Crippen molar-refractivity contribution < 1.29 is 47.8 Å². The Labute approximate surface area is 340 Å². The number of aromatic nitrogens is 1. The first-order valence-electron chi connectivity index (χ1n) is 18.6. The van der Waals surface area contributed by atoms with Crippen LogP contribution in [0.25, 0.3) is 11.1 Å². The van der Waals surface area contributed by atoms with E-state index in [1.165, 1.54) is 26.2 Å². The van der Waals surface area contributed by atoms with Crippen LogP contribution < -0.4 is 26.6 Å². The zero-order chi connectivity index (χ0) is 42.6. The van der Waals surface area contributed by atoms with Crippen LogP contribution in [0.4, 0.5) is 14.7 Å². The van der Waals surface area contributed by atoms with Crippen LogP contribution in [-0.4, -0.2) is 94.7 Å². The number of thiazole rings is 1. The molecule has 5 rings (SSSR count). The van der Waals surface area contributed by atoms with Gasteiger partial charge < -0.3 is 40.3 Å².